The van der Waals surface area contributed by atoms with Gasteiger partial charge in [-0.3, -0.25) is 9.69 Å². The number of carbonyl (C=O) groups is 1. The monoisotopic (exact) mass is 444 g/mol. The Hall–Kier alpha value is -3.33. The van der Waals surface area contributed by atoms with Gasteiger partial charge < -0.3 is 9.64 Å². The highest BCUT2D eigenvalue weighted by atomic mass is 19.4. The molecule has 0 atom stereocenters. The SMILES string of the molecule is Cc1cc(C(=O)N2CCN(Cc3ccc(OC(F)(F)F)cc3)CC2)nn1-c1ccccc1. The van der Waals surface area contributed by atoms with Gasteiger partial charge in [-0.1, -0.05) is 30.3 Å². The zero-order valence-electron chi connectivity index (χ0n) is 17.5. The lowest BCUT2D eigenvalue weighted by Crippen LogP contribution is -2.48. The van der Waals surface area contributed by atoms with Crippen molar-refractivity contribution in [3.8, 4) is 11.4 Å². The molecule has 1 fully saturated rings. The minimum atomic E-state index is -4.69. The Balaban J connectivity index is 1.32. The number of aryl methyl sites for hydroxylation is 1. The van der Waals surface area contributed by atoms with Crippen LogP contribution >= 0.6 is 0 Å². The van der Waals surface area contributed by atoms with Crippen LogP contribution in [0.4, 0.5) is 13.2 Å². The number of hydrogen-bond acceptors (Lipinski definition) is 4. The van der Waals surface area contributed by atoms with Crippen LogP contribution in [0.25, 0.3) is 5.69 Å². The fraction of sp³-hybridized carbons (Fsp3) is 0.304. The minimum Gasteiger partial charge on any atom is -0.406 e. The van der Waals surface area contributed by atoms with Crippen molar-refractivity contribution in [2.75, 3.05) is 26.2 Å². The number of carbonyl (C=O) groups excluding carboxylic acids is 1. The van der Waals surface area contributed by atoms with Crippen molar-refractivity contribution in [3.63, 3.8) is 0 Å². The van der Waals surface area contributed by atoms with Gasteiger partial charge in [-0.05, 0) is 42.8 Å². The number of nitrogens with zero attached hydrogens (tertiary/aromatic N) is 4. The number of aromatic nitrogens is 2. The maximum absolute atomic E-state index is 12.9. The number of alkyl halides is 3. The van der Waals surface area contributed by atoms with Crippen molar-refractivity contribution in [2.45, 2.75) is 19.8 Å². The van der Waals surface area contributed by atoms with Gasteiger partial charge in [0.25, 0.3) is 5.91 Å². The van der Waals surface area contributed by atoms with Gasteiger partial charge in [0, 0.05) is 38.4 Å². The summed E-state index contributed by atoms with van der Waals surface area (Å²) in [6.07, 6.45) is -4.69. The number of halogens is 3. The molecule has 0 spiro atoms. The molecule has 0 radical (unpaired) electrons. The molecule has 2 aromatic carbocycles. The third-order valence-corrected chi connectivity index (χ3v) is 5.33. The van der Waals surface area contributed by atoms with Gasteiger partial charge >= 0.3 is 6.36 Å². The summed E-state index contributed by atoms with van der Waals surface area (Å²) in [6, 6.07) is 17.3. The van der Waals surface area contributed by atoms with Crippen LogP contribution in [0, 0.1) is 6.92 Å². The van der Waals surface area contributed by atoms with E-state index in [1.54, 1.807) is 27.8 Å². The van der Waals surface area contributed by atoms with Gasteiger partial charge in [-0.25, -0.2) is 4.68 Å². The van der Waals surface area contributed by atoms with E-state index in [4.69, 9.17) is 0 Å². The zero-order chi connectivity index (χ0) is 22.7. The molecule has 168 valence electrons. The summed E-state index contributed by atoms with van der Waals surface area (Å²) in [5.74, 6) is -0.335. The average Bonchev–Trinajstić information content (AvgIpc) is 3.16. The maximum Gasteiger partial charge on any atom is 0.573 e. The Labute approximate surface area is 183 Å². The molecule has 1 aromatic heterocycles. The molecule has 9 heteroatoms. The highest BCUT2D eigenvalue weighted by molar-refractivity contribution is 5.92. The van der Waals surface area contributed by atoms with Crippen LogP contribution in [-0.4, -0.2) is 58.0 Å². The molecule has 32 heavy (non-hydrogen) atoms. The van der Waals surface area contributed by atoms with Crippen molar-refractivity contribution in [1.82, 2.24) is 19.6 Å². The summed E-state index contributed by atoms with van der Waals surface area (Å²) in [4.78, 5) is 16.9. The molecular formula is C23H23F3N4O2. The first-order chi connectivity index (χ1) is 15.3. The molecule has 4 rings (SSSR count). The fourth-order valence-electron chi connectivity index (χ4n) is 3.74. The van der Waals surface area contributed by atoms with E-state index in [0.717, 1.165) is 16.9 Å². The van der Waals surface area contributed by atoms with E-state index < -0.39 is 6.36 Å². The number of rotatable bonds is 5. The number of piperazine rings is 1. The summed E-state index contributed by atoms with van der Waals surface area (Å²) in [5.41, 5.74) is 3.09. The third kappa shape index (κ3) is 5.28. The molecule has 0 bridgehead atoms. The Bertz CT molecular complexity index is 1060. The smallest absolute Gasteiger partial charge is 0.406 e. The molecule has 0 saturated carbocycles. The number of hydrogen-bond donors (Lipinski definition) is 0. The number of benzene rings is 2. The van der Waals surface area contributed by atoms with E-state index in [2.05, 4.69) is 14.7 Å². The summed E-state index contributed by atoms with van der Waals surface area (Å²) in [5, 5.41) is 4.50. The summed E-state index contributed by atoms with van der Waals surface area (Å²) >= 11 is 0. The molecular weight excluding hydrogens is 421 g/mol. The van der Waals surface area contributed by atoms with Crippen molar-refractivity contribution in [3.05, 3.63) is 77.6 Å². The quantitative estimate of drug-likeness (QED) is 0.596. The van der Waals surface area contributed by atoms with Crippen molar-refractivity contribution >= 4 is 5.91 Å². The molecule has 6 nitrogen and oxygen atoms in total. The van der Waals surface area contributed by atoms with Gasteiger partial charge in [-0.15, -0.1) is 13.2 Å². The largest absolute Gasteiger partial charge is 0.573 e. The van der Waals surface area contributed by atoms with Crippen LogP contribution in [-0.2, 0) is 6.54 Å². The normalized spacial score (nSPS) is 15.1. The van der Waals surface area contributed by atoms with E-state index in [9.17, 15) is 18.0 Å². The second-order valence-electron chi connectivity index (χ2n) is 7.68. The molecule has 1 aliphatic rings. The van der Waals surface area contributed by atoms with Crippen molar-refractivity contribution < 1.29 is 22.7 Å². The molecule has 3 aromatic rings. The van der Waals surface area contributed by atoms with Gasteiger partial charge in [0.2, 0.25) is 0 Å². The molecule has 2 heterocycles. The predicted octanol–water partition coefficient (Wildman–Crippen LogP) is 4.04. The van der Waals surface area contributed by atoms with Crippen LogP contribution in [0.1, 0.15) is 21.7 Å². The van der Waals surface area contributed by atoms with Gasteiger partial charge in [0.05, 0.1) is 5.69 Å². The van der Waals surface area contributed by atoms with Crippen molar-refractivity contribution in [1.29, 1.82) is 0 Å². The van der Waals surface area contributed by atoms with Crippen LogP contribution in [0.2, 0.25) is 0 Å². The first kappa shape index (κ1) is 21.9. The molecule has 0 unspecified atom stereocenters. The van der Waals surface area contributed by atoms with Crippen LogP contribution in [0.5, 0.6) is 5.75 Å². The Morgan fingerprint density at radius 1 is 1.00 bits per heavy atom. The second-order valence-corrected chi connectivity index (χ2v) is 7.68. The van der Waals surface area contributed by atoms with E-state index in [-0.39, 0.29) is 11.7 Å². The maximum atomic E-state index is 12.9. The molecule has 0 N–H and O–H groups in total. The number of para-hydroxylation sites is 1. The lowest BCUT2D eigenvalue weighted by atomic mass is 10.2. The first-order valence-corrected chi connectivity index (χ1v) is 10.3. The van der Waals surface area contributed by atoms with E-state index in [1.165, 1.54) is 12.1 Å². The lowest BCUT2D eigenvalue weighted by molar-refractivity contribution is -0.274. The van der Waals surface area contributed by atoms with E-state index in [1.807, 2.05) is 37.3 Å². The topological polar surface area (TPSA) is 50.6 Å². The molecule has 1 aliphatic heterocycles. The third-order valence-electron chi connectivity index (χ3n) is 5.33. The van der Waals surface area contributed by atoms with Gasteiger partial charge in [0.15, 0.2) is 5.69 Å². The highest BCUT2D eigenvalue weighted by Crippen LogP contribution is 2.23. The molecule has 1 amide bonds. The Morgan fingerprint density at radius 2 is 1.66 bits per heavy atom. The standard InChI is InChI=1S/C23H23F3N4O2/c1-17-15-21(27-30(17)19-5-3-2-4-6-19)22(31)29-13-11-28(12-14-29)16-18-7-9-20(10-8-18)32-23(24,25)26/h2-10,15H,11-14,16H2,1H3. The molecule has 0 aliphatic carbocycles. The second kappa shape index (κ2) is 9.04. The average molecular weight is 444 g/mol. The summed E-state index contributed by atoms with van der Waals surface area (Å²) < 4.78 is 42.5. The van der Waals surface area contributed by atoms with Crippen molar-refractivity contribution in [2.24, 2.45) is 0 Å². The van der Waals surface area contributed by atoms with E-state index >= 15 is 0 Å². The molecule has 1 saturated heterocycles. The number of amides is 1. The minimum absolute atomic E-state index is 0.101. The fourth-order valence-corrected chi connectivity index (χ4v) is 3.74. The van der Waals surface area contributed by atoms with Gasteiger partial charge in [0.1, 0.15) is 5.75 Å². The van der Waals surface area contributed by atoms with Crippen LogP contribution < -0.4 is 4.74 Å². The van der Waals surface area contributed by atoms with Crippen LogP contribution in [0.15, 0.2) is 60.7 Å². The summed E-state index contributed by atoms with van der Waals surface area (Å²) in [6.45, 7) is 4.97. The lowest BCUT2D eigenvalue weighted by Gasteiger charge is -2.34. The van der Waals surface area contributed by atoms with E-state index in [0.29, 0.717) is 38.4 Å². The first-order valence-electron chi connectivity index (χ1n) is 10.3. The van der Waals surface area contributed by atoms with Crippen LogP contribution in [0.3, 0.4) is 0 Å². The Morgan fingerprint density at radius 3 is 2.28 bits per heavy atom. The number of ether oxygens (including phenoxy) is 1. The Kier molecular flexibility index (Phi) is 6.18. The van der Waals surface area contributed by atoms with Gasteiger partial charge in [-0.2, -0.15) is 5.10 Å². The zero-order valence-corrected chi connectivity index (χ0v) is 17.5. The summed E-state index contributed by atoms with van der Waals surface area (Å²) in [7, 11) is 0. The predicted molar refractivity (Wildman–Crippen MR) is 113 cm³/mol. The highest BCUT2D eigenvalue weighted by Gasteiger charge is 2.31.